The Bertz CT molecular complexity index is 309. The molecule has 0 fully saturated rings. The zero-order valence-electron chi connectivity index (χ0n) is 11.2. The molecule has 0 amide bonds. The average molecular weight is 331 g/mol. The van der Waals surface area contributed by atoms with E-state index in [0.29, 0.717) is 0 Å². The van der Waals surface area contributed by atoms with Gasteiger partial charge in [0, 0.05) is 19.8 Å². The van der Waals surface area contributed by atoms with E-state index in [9.17, 15) is 0 Å². The van der Waals surface area contributed by atoms with E-state index in [4.69, 9.17) is 4.74 Å². The molecule has 0 aliphatic carbocycles. The molecule has 0 aliphatic heterocycles. The summed E-state index contributed by atoms with van der Waals surface area (Å²) in [5, 5.41) is 0. The summed E-state index contributed by atoms with van der Waals surface area (Å²) in [5.74, 6) is 1.03. The second-order valence-corrected chi connectivity index (χ2v) is 3.74. The van der Waals surface area contributed by atoms with Crippen LogP contribution < -0.4 is 22.0 Å². The zero-order valence-corrected chi connectivity index (χ0v) is 15.8. The fraction of sp³-hybridized carbons (Fsp3) is 0.500. The first-order valence-corrected chi connectivity index (χ1v) is 4.97. The Morgan fingerprint density at radius 3 is 1.82 bits per heavy atom. The fourth-order valence-electron chi connectivity index (χ4n) is 1.56. The predicted octanol–water partition coefficient (Wildman–Crippen LogP) is 0.191. The van der Waals surface area contributed by atoms with Crippen molar-refractivity contribution in [3.8, 4) is 5.75 Å². The number of halogens is 2. The molecule has 1 aromatic rings. The van der Waals surface area contributed by atoms with Crippen LogP contribution in [-0.4, -0.2) is 20.7 Å². The van der Waals surface area contributed by atoms with Crippen LogP contribution in [0, 0.1) is 13.8 Å². The third-order valence-corrected chi connectivity index (χ3v) is 2.25. The number of rotatable bonds is 3. The summed E-state index contributed by atoms with van der Waals surface area (Å²) in [4.78, 5) is 2.11. The maximum atomic E-state index is 5.58. The van der Waals surface area contributed by atoms with Gasteiger partial charge in [0.15, 0.2) is 0 Å². The molecular weight excluding hydrogens is 310 g/mol. The van der Waals surface area contributed by atoms with Crippen LogP contribution in [0.3, 0.4) is 0 Å². The minimum atomic E-state index is 0. The van der Waals surface area contributed by atoms with Crippen molar-refractivity contribution in [1.82, 2.24) is 0 Å². The molecule has 5 heteroatoms. The average Bonchev–Trinajstić information content (AvgIpc) is 2.10. The molecule has 94 valence electrons. The van der Waals surface area contributed by atoms with Gasteiger partial charge in [-0.2, -0.15) is 0 Å². The van der Waals surface area contributed by atoms with E-state index < -0.39 is 0 Å². The molecular formula is C12H20Cl2NOZn+. The standard InChI is InChI=1S/C12H19NO.2ClH.Zn/c1-6-14-12-9(2)7-11(13(4)5)8-10(12)3;;;/h7-8H,6H2,1-5H3;2*1H;/q;;;+2/p-1. The Balaban J connectivity index is -0.000000653. The van der Waals surface area contributed by atoms with Crippen LogP contribution in [0.2, 0.25) is 0 Å². The Kier molecular flexibility index (Phi) is 13.1. The van der Waals surface area contributed by atoms with Gasteiger partial charge in [-0.05, 0) is 44.0 Å². The van der Waals surface area contributed by atoms with Crippen molar-refractivity contribution in [1.29, 1.82) is 0 Å². The fourth-order valence-corrected chi connectivity index (χ4v) is 1.56. The van der Waals surface area contributed by atoms with Crippen molar-refractivity contribution in [2.24, 2.45) is 0 Å². The Hall–Kier alpha value is 0.0234. The topological polar surface area (TPSA) is 12.5 Å². The van der Waals surface area contributed by atoms with E-state index >= 15 is 0 Å². The predicted molar refractivity (Wildman–Crippen MR) is 68.7 cm³/mol. The minimum Gasteiger partial charge on any atom is -1.00 e. The molecule has 0 unspecified atom stereocenters. The van der Waals surface area contributed by atoms with Crippen LogP contribution in [0.25, 0.3) is 0 Å². The summed E-state index contributed by atoms with van der Waals surface area (Å²) in [6.45, 7) is 6.91. The van der Waals surface area contributed by atoms with Crippen LogP contribution in [0.5, 0.6) is 5.75 Å². The first kappa shape index (κ1) is 22.2. The van der Waals surface area contributed by atoms with Crippen LogP contribution in [0.15, 0.2) is 12.1 Å². The van der Waals surface area contributed by atoms with Gasteiger partial charge >= 0.3 is 19.5 Å². The Morgan fingerprint density at radius 2 is 1.53 bits per heavy atom. The van der Waals surface area contributed by atoms with Crippen molar-refractivity contribution < 1.29 is 36.6 Å². The SMILES string of the molecule is CCOc1c(C)cc(N(C)C)cc1C.Cl.[Cl-].[Zn+2]. The number of hydrogen-bond acceptors (Lipinski definition) is 2. The van der Waals surface area contributed by atoms with Crippen molar-refractivity contribution in [3.05, 3.63) is 23.3 Å². The molecule has 0 saturated heterocycles. The van der Waals surface area contributed by atoms with Gasteiger partial charge in [0.25, 0.3) is 0 Å². The van der Waals surface area contributed by atoms with E-state index in [-0.39, 0.29) is 44.3 Å². The molecule has 1 rings (SSSR count). The van der Waals surface area contributed by atoms with Gasteiger partial charge in [-0.1, -0.05) is 0 Å². The summed E-state index contributed by atoms with van der Waals surface area (Å²) in [7, 11) is 4.10. The van der Waals surface area contributed by atoms with Gasteiger partial charge < -0.3 is 22.0 Å². The van der Waals surface area contributed by atoms with Crippen molar-refractivity contribution in [2.45, 2.75) is 20.8 Å². The molecule has 0 bridgehead atoms. The molecule has 0 N–H and O–H groups in total. The molecule has 0 radical (unpaired) electrons. The summed E-state index contributed by atoms with van der Waals surface area (Å²) in [5.41, 5.74) is 3.63. The molecule has 0 spiro atoms. The van der Waals surface area contributed by atoms with Gasteiger partial charge in [0.1, 0.15) is 5.75 Å². The molecule has 2 nitrogen and oxygen atoms in total. The number of hydrogen-bond donors (Lipinski definition) is 0. The largest absolute Gasteiger partial charge is 2.00 e. The van der Waals surface area contributed by atoms with E-state index in [2.05, 4.69) is 45.0 Å². The molecule has 1 aromatic carbocycles. The summed E-state index contributed by atoms with van der Waals surface area (Å²) in [6, 6.07) is 4.30. The first-order chi connectivity index (χ1) is 6.56. The van der Waals surface area contributed by atoms with E-state index in [1.54, 1.807) is 0 Å². The van der Waals surface area contributed by atoms with Gasteiger partial charge in [-0.15, -0.1) is 12.4 Å². The second kappa shape index (κ2) is 9.99. The molecule has 0 heterocycles. The number of benzene rings is 1. The van der Waals surface area contributed by atoms with Crippen LogP contribution in [0.1, 0.15) is 18.1 Å². The minimum absolute atomic E-state index is 0. The molecule has 0 aromatic heterocycles. The normalized spacial score (nSPS) is 8.29. The molecule has 17 heavy (non-hydrogen) atoms. The Labute approximate surface area is 130 Å². The van der Waals surface area contributed by atoms with Crippen LogP contribution in [-0.2, 0) is 19.5 Å². The maximum absolute atomic E-state index is 5.58. The van der Waals surface area contributed by atoms with Gasteiger partial charge in [-0.3, -0.25) is 0 Å². The summed E-state index contributed by atoms with van der Waals surface area (Å²) >= 11 is 0. The monoisotopic (exact) mass is 328 g/mol. The summed E-state index contributed by atoms with van der Waals surface area (Å²) in [6.07, 6.45) is 0. The smallest absolute Gasteiger partial charge is 1.00 e. The molecule has 0 saturated carbocycles. The van der Waals surface area contributed by atoms with Crippen molar-refractivity contribution in [3.63, 3.8) is 0 Å². The number of aryl methyl sites for hydroxylation is 2. The van der Waals surface area contributed by atoms with Gasteiger partial charge in [0.05, 0.1) is 6.61 Å². The van der Waals surface area contributed by atoms with Crippen molar-refractivity contribution in [2.75, 3.05) is 25.6 Å². The maximum Gasteiger partial charge on any atom is 2.00 e. The molecule has 0 atom stereocenters. The van der Waals surface area contributed by atoms with E-state index in [1.165, 1.54) is 16.8 Å². The van der Waals surface area contributed by atoms with E-state index in [0.717, 1.165) is 12.4 Å². The third kappa shape index (κ3) is 5.94. The Morgan fingerprint density at radius 1 is 1.12 bits per heavy atom. The summed E-state index contributed by atoms with van der Waals surface area (Å²) < 4.78 is 5.58. The van der Waals surface area contributed by atoms with Crippen LogP contribution >= 0.6 is 12.4 Å². The number of ether oxygens (including phenoxy) is 1. The second-order valence-electron chi connectivity index (χ2n) is 3.74. The van der Waals surface area contributed by atoms with E-state index in [1.807, 2.05) is 6.92 Å². The number of anilines is 1. The van der Waals surface area contributed by atoms with Gasteiger partial charge in [0.2, 0.25) is 0 Å². The van der Waals surface area contributed by atoms with Gasteiger partial charge in [-0.25, -0.2) is 0 Å². The van der Waals surface area contributed by atoms with Crippen molar-refractivity contribution >= 4 is 18.1 Å². The number of nitrogens with zero attached hydrogens (tertiary/aromatic N) is 1. The van der Waals surface area contributed by atoms with Crippen LogP contribution in [0.4, 0.5) is 5.69 Å². The zero-order chi connectivity index (χ0) is 10.7. The first-order valence-electron chi connectivity index (χ1n) is 4.97. The quantitative estimate of drug-likeness (QED) is 0.734. The third-order valence-electron chi connectivity index (χ3n) is 2.25. The molecule has 0 aliphatic rings.